The Labute approximate surface area is 182 Å². The summed E-state index contributed by atoms with van der Waals surface area (Å²) in [7, 11) is -3.52. The number of amides is 2. The molecule has 2 aliphatic rings. The third-order valence-corrected chi connectivity index (χ3v) is 9.05. The molecule has 162 valence electrons. The van der Waals surface area contributed by atoms with Crippen molar-refractivity contribution in [3.8, 4) is 0 Å². The van der Waals surface area contributed by atoms with Crippen molar-refractivity contribution in [3.63, 3.8) is 0 Å². The van der Waals surface area contributed by atoms with Gasteiger partial charge < -0.3 is 10.4 Å². The zero-order valence-electron chi connectivity index (χ0n) is 17.6. The fourth-order valence-electron chi connectivity index (χ4n) is 4.17. The van der Waals surface area contributed by atoms with Gasteiger partial charge in [-0.05, 0) is 91.5 Å². The topological polar surface area (TPSA) is 102 Å². The van der Waals surface area contributed by atoms with Crippen LogP contribution in [0.3, 0.4) is 0 Å². The van der Waals surface area contributed by atoms with E-state index in [0.717, 1.165) is 41.9 Å². The first-order valence-electron chi connectivity index (χ1n) is 10.4. The van der Waals surface area contributed by atoms with Crippen LogP contribution in [0.5, 0.6) is 0 Å². The lowest BCUT2D eigenvalue weighted by Gasteiger charge is -2.21. The largest absolute Gasteiger partial charge is 0.386 e. The van der Waals surface area contributed by atoms with E-state index in [1.54, 1.807) is 19.2 Å². The number of carbonyl (C=O) groups is 1. The highest BCUT2D eigenvalue weighted by atomic mass is 32.2. The average Bonchev–Trinajstić information content (AvgIpc) is 3.16. The molecule has 2 aromatic rings. The molecule has 0 radical (unpaired) electrons. The normalized spacial score (nSPS) is 19.1. The molecule has 1 heterocycles. The lowest BCUT2D eigenvalue weighted by molar-refractivity contribution is 0.0789. The van der Waals surface area contributed by atoms with Crippen LogP contribution in [0, 0.1) is 10.7 Å². The maximum atomic E-state index is 12.9. The molecule has 1 aromatic carbocycles. The summed E-state index contributed by atoms with van der Waals surface area (Å²) in [5.74, 6) is 1.01. The molecule has 4 rings (SSSR count). The number of aliphatic hydroxyl groups is 1. The standard InChI is InChI=1S/C22H29N3O3S2/c1-13(14-7-8-14)17-10-9-15-5-4-6-18(15)20(17)24-21(26)25-30(23,28)19-11-16(12-29-19)22(2,3)27/h9-14,27H,4-8H2,1-3H3,(H3,23,24,25,26,28)/t13-,30?/m0/s1. The summed E-state index contributed by atoms with van der Waals surface area (Å²) in [6.45, 7) is 5.46. The fraction of sp³-hybridized carbons (Fsp3) is 0.500. The molecule has 1 saturated carbocycles. The number of benzene rings is 1. The van der Waals surface area contributed by atoms with Gasteiger partial charge in [0.15, 0.2) is 9.92 Å². The van der Waals surface area contributed by atoms with Crippen molar-refractivity contribution < 1.29 is 14.1 Å². The van der Waals surface area contributed by atoms with Gasteiger partial charge in [0, 0.05) is 5.69 Å². The first-order chi connectivity index (χ1) is 14.1. The Bertz CT molecular complexity index is 1080. The van der Waals surface area contributed by atoms with E-state index in [1.165, 1.54) is 30.0 Å². The maximum Gasteiger partial charge on any atom is 0.331 e. The minimum absolute atomic E-state index is 0.222. The molecule has 2 atom stereocenters. The molecule has 2 aliphatic carbocycles. The molecule has 0 bridgehead atoms. The molecule has 0 aliphatic heterocycles. The Morgan fingerprint density at radius 2 is 2.07 bits per heavy atom. The highest BCUT2D eigenvalue weighted by Gasteiger charge is 2.32. The fourth-order valence-corrected chi connectivity index (χ4v) is 6.48. The number of rotatable bonds is 6. The molecule has 0 spiro atoms. The van der Waals surface area contributed by atoms with E-state index in [9.17, 15) is 14.1 Å². The first kappa shape index (κ1) is 21.3. The number of nitrogens with one attached hydrogen (secondary N) is 3. The number of hydrogen-bond acceptors (Lipinski definition) is 5. The minimum Gasteiger partial charge on any atom is -0.386 e. The smallest absolute Gasteiger partial charge is 0.331 e. The van der Waals surface area contributed by atoms with E-state index < -0.39 is 21.5 Å². The highest BCUT2D eigenvalue weighted by Crippen LogP contribution is 2.46. The monoisotopic (exact) mass is 447 g/mol. The van der Waals surface area contributed by atoms with Gasteiger partial charge in [-0.3, -0.25) is 0 Å². The zero-order valence-corrected chi connectivity index (χ0v) is 19.2. The summed E-state index contributed by atoms with van der Waals surface area (Å²) in [5, 5.41) is 14.7. The summed E-state index contributed by atoms with van der Waals surface area (Å²) in [6, 6.07) is 5.20. The van der Waals surface area contributed by atoms with Crippen molar-refractivity contribution in [1.82, 2.24) is 4.72 Å². The molecule has 1 aromatic heterocycles. The van der Waals surface area contributed by atoms with E-state index in [0.29, 0.717) is 17.4 Å². The van der Waals surface area contributed by atoms with Crippen LogP contribution in [0.1, 0.15) is 68.2 Å². The molecular weight excluding hydrogens is 418 g/mol. The van der Waals surface area contributed by atoms with Crippen LogP contribution < -0.4 is 10.0 Å². The third kappa shape index (κ3) is 4.26. The molecule has 8 heteroatoms. The predicted molar refractivity (Wildman–Crippen MR) is 120 cm³/mol. The number of hydrogen-bond donors (Lipinski definition) is 4. The van der Waals surface area contributed by atoms with E-state index in [1.807, 2.05) is 0 Å². The molecular formula is C22H29N3O3S2. The SMILES string of the molecule is C[C@H](c1ccc2c(c1NC(=O)NS(=N)(=O)c1cc(C(C)(C)O)cs1)CCC2)C1CC1. The third-order valence-electron chi connectivity index (χ3n) is 6.17. The predicted octanol–water partition coefficient (Wildman–Crippen LogP) is 5.12. The van der Waals surface area contributed by atoms with Gasteiger partial charge in [0.1, 0.15) is 4.21 Å². The number of urea groups is 1. The van der Waals surface area contributed by atoms with Crippen molar-refractivity contribution in [1.29, 1.82) is 4.78 Å². The van der Waals surface area contributed by atoms with Gasteiger partial charge in [-0.25, -0.2) is 18.5 Å². The summed E-state index contributed by atoms with van der Waals surface area (Å²) in [5.41, 5.74) is 3.88. The molecule has 0 saturated heterocycles. The van der Waals surface area contributed by atoms with Gasteiger partial charge in [0.05, 0.1) is 5.60 Å². The van der Waals surface area contributed by atoms with Crippen LogP contribution in [-0.2, 0) is 28.4 Å². The first-order valence-corrected chi connectivity index (χ1v) is 12.8. The molecule has 1 unspecified atom stereocenters. The molecule has 4 N–H and O–H groups in total. The van der Waals surface area contributed by atoms with Gasteiger partial charge >= 0.3 is 6.03 Å². The van der Waals surface area contributed by atoms with Crippen molar-refractivity contribution in [2.24, 2.45) is 5.92 Å². The molecule has 6 nitrogen and oxygen atoms in total. The summed E-state index contributed by atoms with van der Waals surface area (Å²) >= 11 is 1.11. The number of thiophene rings is 1. The van der Waals surface area contributed by atoms with Crippen molar-refractivity contribution in [3.05, 3.63) is 45.8 Å². The second-order valence-corrected chi connectivity index (χ2v) is 11.9. The van der Waals surface area contributed by atoms with Crippen LogP contribution in [-0.4, -0.2) is 15.3 Å². The lowest BCUT2D eigenvalue weighted by atomic mass is 9.91. The quantitative estimate of drug-likeness (QED) is 0.494. The van der Waals surface area contributed by atoms with Gasteiger partial charge in [0.2, 0.25) is 0 Å². The summed E-state index contributed by atoms with van der Waals surface area (Å²) in [6.07, 6.45) is 5.43. The Morgan fingerprint density at radius 3 is 2.70 bits per heavy atom. The summed E-state index contributed by atoms with van der Waals surface area (Å²) in [4.78, 5) is 12.8. The van der Waals surface area contributed by atoms with Crippen molar-refractivity contribution in [2.45, 2.75) is 68.6 Å². The van der Waals surface area contributed by atoms with Crippen LogP contribution in [0.4, 0.5) is 10.5 Å². The second kappa shape index (κ2) is 7.66. The number of carbonyl (C=O) groups excluding carboxylic acids is 1. The van der Waals surface area contributed by atoms with Gasteiger partial charge in [-0.15, -0.1) is 11.3 Å². The average molecular weight is 448 g/mol. The number of anilines is 1. The summed E-state index contributed by atoms with van der Waals surface area (Å²) < 4.78 is 23.7. The number of fused-ring (bicyclic) bond motifs is 1. The highest BCUT2D eigenvalue weighted by molar-refractivity contribution is 7.93. The molecule has 2 amide bonds. The van der Waals surface area contributed by atoms with Gasteiger partial charge in [-0.2, -0.15) is 0 Å². The van der Waals surface area contributed by atoms with E-state index in [2.05, 4.69) is 29.1 Å². The van der Waals surface area contributed by atoms with E-state index in [-0.39, 0.29) is 4.21 Å². The maximum absolute atomic E-state index is 12.9. The van der Waals surface area contributed by atoms with Crippen LogP contribution >= 0.6 is 11.3 Å². The molecule has 30 heavy (non-hydrogen) atoms. The van der Waals surface area contributed by atoms with E-state index in [4.69, 9.17) is 4.78 Å². The van der Waals surface area contributed by atoms with Crippen LogP contribution in [0.15, 0.2) is 27.8 Å². The lowest BCUT2D eigenvalue weighted by Crippen LogP contribution is -2.34. The van der Waals surface area contributed by atoms with Crippen molar-refractivity contribution >= 4 is 33.0 Å². The second-order valence-electron chi connectivity index (χ2n) is 8.97. The Balaban J connectivity index is 1.57. The minimum atomic E-state index is -3.52. The Hall–Kier alpha value is -1.90. The van der Waals surface area contributed by atoms with Gasteiger partial charge in [0.25, 0.3) is 0 Å². The number of aryl methyl sites for hydroxylation is 1. The van der Waals surface area contributed by atoms with Crippen LogP contribution in [0.25, 0.3) is 0 Å². The Kier molecular flexibility index (Phi) is 5.45. The zero-order chi connectivity index (χ0) is 21.7. The van der Waals surface area contributed by atoms with E-state index >= 15 is 0 Å². The van der Waals surface area contributed by atoms with Gasteiger partial charge in [-0.1, -0.05) is 19.1 Å². The van der Waals surface area contributed by atoms with Crippen molar-refractivity contribution in [2.75, 3.05) is 5.32 Å². The Morgan fingerprint density at radius 1 is 1.33 bits per heavy atom. The van der Waals surface area contributed by atoms with Crippen LogP contribution in [0.2, 0.25) is 0 Å². The molecule has 1 fully saturated rings.